The minimum Gasteiger partial charge on any atom is -0.310 e. The van der Waals surface area contributed by atoms with E-state index in [0.29, 0.717) is 23.8 Å². The highest BCUT2D eigenvalue weighted by Gasteiger charge is 2.14. The van der Waals surface area contributed by atoms with Crippen LogP contribution in [0.2, 0.25) is 0 Å². The average molecular weight is 329 g/mol. The third-order valence-corrected chi connectivity index (χ3v) is 4.59. The van der Waals surface area contributed by atoms with E-state index in [0.717, 1.165) is 5.56 Å². The van der Waals surface area contributed by atoms with Crippen LogP contribution in [0, 0.1) is 11.3 Å². The Morgan fingerprint density at radius 1 is 1.13 bits per heavy atom. The van der Waals surface area contributed by atoms with Crippen LogP contribution in [0.1, 0.15) is 25.0 Å². The highest BCUT2D eigenvalue weighted by Crippen LogP contribution is 2.17. The second-order valence-corrected chi connectivity index (χ2v) is 7.16. The van der Waals surface area contributed by atoms with Gasteiger partial charge in [0.2, 0.25) is 0 Å². The molecule has 2 N–H and O–H groups in total. The van der Waals surface area contributed by atoms with E-state index in [4.69, 9.17) is 5.26 Å². The van der Waals surface area contributed by atoms with Gasteiger partial charge >= 0.3 is 0 Å². The van der Waals surface area contributed by atoms with Crippen molar-refractivity contribution in [3.8, 4) is 6.07 Å². The van der Waals surface area contributed by atoms with Crippen LogP contribution in [0.25, 0.3) is 0 Å². The van der Waals surface area contributed by atoms with Crippen molar-refractivity contribution in [1.29, 1.82) is 5.26 Å². The summed E-state index contributed by atoms with van der Waals surface area (Å²) < 4.78 is 27.2. The summed E-state index contributed by atoms with van der Waals surface area (Å²) >= 11 is 0. The molecule has 23 heavy (non-hydrogen) atoms. The Kier molecular flexibility index (Phi) is 5.37. The van der Waals surface area contributed by atoms with Crippen molar-refractivity contribution in [2.24, 2.45) is 0 Å². The summed E-state index contributed by atoms with van der Waals surface area (Å²) in [4.78, 5) is 0.188. The topological polar surface area (TPSA) is 82.0 Å². The maximum Gasteiger partial charge on any atom is 0.261 e. The summed E-state index contributed by atoms with van der Waals surface area (Å²) in [6.07, 6.45) is 0. The number of hydrogen-bond donors (Lipinski definition) is 2. The van der Waals surface area contributed by atoms with E-state index < -0.39 is 10.0 Å². The van der Waals surface area contributed by atoms with Crippen molar-refractivity contribution in [1.82, 2.24) is 5.32 Å². The average Bonchev–Trinajstić information content (AvgIpc) is 2.53. The highest BCUT2D eigenvalue weighted by molar-refractivity contribution is 7.92. The predicted octanol–water partition coefficient (Wildman–Crippen LogP) is 2.86. The number of nitriles is 1. The number of nitrogens with zero attached hydrogens (tertiary/aromatic N) is 1. The molecule has 0 heterocycles. The minimum absolute atomic E-state index is 0.188. The lowest BCUT2D eigenvalue weighted by atomic mass is 10.2. The third kappa shape index (κ3) is 4.81. The fourth-order valence-electron chi connectivity index (χ4n) is 1.97. The Bertz CT molecular complexity index is 806. The molecule has 0 aliphatic heterocycles. The Morgan fingerprint density at radius 2 is 1.83 bits per heavy atom. The maximum atomic E-state index is 12.4. The van der Waals surface area contributed by atoms with Crippen LogP contribution in [0.4, 0.5) is 5.69 Å². The largest absolute Gasteiger partial charge is 0.310 e. The van der Waals surface area contributed by atoms with Crippen LogP contribution < -0.4 is 10.0 Å². The maximum absolute atomic E-state index is 12.4. The summed E-state index contributed by atoms with van der Waals surface area (Å²) in [6, 6.07) is 15.4. The summed E-state index contributed by atoms with van der Waals surface area (Å²) in [7, 11) is -3.67. The standard InChI is InChI=1S/C17H19N3O2S/c1-13(2)19-12-14-6-8-17(9-7-14)23(21,22)20-16-5-3-4-15(10-16)11-18/h3-10,13,19-20H,12H2,1-2H3. The van der Waals surface area contributed by atoms with Gasteiger partial charge in [-0.1, -0.05) is 32.0 Å². The van der Waals surface area contributed by atoms with E-state index in [1.54, 1.807) is 42.5 Å². The Hall–Kier alpha value is -2.36. The number of hydrogen-bond acceptors (Lipinski definition) is 4. The quantitative estimate of drug-likeness (QED) is 0.854. The van der Waals surface area contributed by atoms with Crippen LogP contribution in [-0.4, -0.2) is 14.5 Å². The molecule has 6 heteroatoms. The van der Waals surface area contributed by atoms with E-state index in [2.05, 4.69) is 23.9 Å². The minimum atomic E-state index is -3.67. The van der Waals surface area contributed by atoms with Gasteiger partial charge < -0.3 is 5.32 Å². The van der Waals surface area contributed by atoms with Gasteiger partial charge in [0.1, 0.15) is 0 Å². The van der Waals surface area contributed by atoms with E-state index >= 15 is 0 Å². The van der Waals surface area contributed by atoms with Crippen LogP contribution in [-0.2, 0) is 16.6 Å². The fraction of sp³-hybridized carbons (Fsp3) is 0.235. The smallest absolute Gasteiger partial charge is 0.261 e. The lowest BCUT2D eigenvalue weighted by Gasteiger charge is -2.10. The van der Waals surface area contributed by atoms with Crippen molar-refractivity contribution in [2.45, 2.75) is 31.3 Å². The molecule has 0 fully saturated rings. The van der Waals surface area contributed by atoms with Crippen molar-refractivity contribution >= 4 is 15.7 Å². The molecule has 0 saturated carbocycles. The van der Waals surface area contributed by atoms with Crippen LogP contribution in [0.5, 0.6) is 0 Å². The molecular weight excluding hydrogens is 310 g/mol. The molecule has 5 nitrogen and oxygen atoms in total. The molecule has 0 bridgehead atoms. The summed E-state index contributed by atoms with van der Waals surface area (Å²) in [5, 5.41) is 12.1. The normalized spacial score (nSPS) is 11.2. The summed E-state index contributed by atoms with van der Waals surface area (Å²) in [6.45, 7) is 4.80. The lowest BCUT2D eigenvalue weighted by Crippen LogP contribution is -2.21. The van der Waals surface area contributed by atoms with Crippen molar-refractivity contribution in [2.75, 3.05) is 4.72 Å². The van der Waals surface area contributed by atoms with Crippen molar-refractivity contribution < 1.29 is 8.42 Å². The van der Waals surface area contributed by atoms with E-state index in [1.807, 2.05) is 6.07 Å². The molecule has 0 unspecified atom stereocenters. The number of sulfonamides is 1. The van der Waals surface area contributed by atoms with Crippen molar-refractivity contribution in [3.63, 3.8) is 0 Å². The first kappa shape index (κ1) is 17.0. The first-order valence-corrected chi connectivity index (χ1v) is 8.74. The lowest BCUT2D eigenvalue weighted by molar-refractivity contribution is 0.588. The molecular formula is C17H19N3O2S. The number of rotatable bonds is 6. The Labute approximate surface area is 137 Å². The molecule has 2 rings (SSSR count). The molecule has 0 spiro atoms. The Morgan fingerprint density at radius 3 is 2.43 bits per heavy atom. The van der Waals surface area contributed by atoms with Gasteiger partial charge in [0.05, 0.1) is 22.2 Å². The monoisotopic (exact) mass is 329 g/mol. The first-order chi connectivity index (χ1) is 10.9. The Balaban J connectivity index is 2.14. The molecule has 0 aliphatic rings. The molecule has 0 atom stereocenters. The summed E-state index contributed by atoms with van der Waals surface area (Å²) in [5.74, 6) is 0. The zero-order valence-corrected chi connectivity index (χ0v) is 13.9. The number of anilines is 1. The SMILES string of the molecule is CC(C)NCc1ccc(S(=O)(=O)Nc2cccc(C#N)c2)cc1. The van der Waals surface area contributed by atoms with Gasteiger partial charge in [-0.15, -0.1) is 0 Å². The van der Waals surface area contributed by atoms with E-state index in [9.17, 15) is 8.42 Å². The zero-order chi connectivity index (χ0) is 16.9. The van der Waals surface area contributed by atoms with E-state index in [1.165, 1.54) is 6.07 Å². The second kappa shape index (κ2) is 7.27. The third-order valence-electron chi connectivity index (χ3n) is 3.19. The molecule has 2 aromatic rings. The van der Waals surface area contributed by atoms with Gasteiger partial charge in [-0.3, -0.25) is 4.72 Å². The van der Waals surface area contributed by atoms with Crippen LogP contribution in [0.3, 0.4) is 0 Å². The number of benzene rings is 2. The molecule has 120 valence electrons. The molecule has 0 aromatic heterocycles. The van der Waals surface area contributed by atoms with Gasteiger partial charge in [-0.25, -0.2) is 8.42 Å². The molecule has 0 amide bonds. The molecule has 0 radical (unpaired) electrons. The molecule has 2 aromatic carbocycles. The zero-order valence-electron chi connectivity index (χ0n) is 13.1. The van der Waals surface area contributed by atoms with Gasteiger partial charge in [-0.2, -0.15) is 5.26 Å². The fourth-order valence-corrected chi connectivity index (χ4v) is 3.02. The van der Waals surface area contributed by atoms with Crippen molar-refractivity contribution in [3.05, 3.63) is 59.7 Å². The summed E-state index contributed by atoms with van der Waals surface area (Å²) in [5.41, 5.74) is 1.79. The van der Waals surface area contributed by atoms with Gasteiger partial charge in [-0.05, 0) is 35.9 Å². The van der Waals surface area contributed by atoms with Gasteiger partial charge in [0.15, 0.2) is 0 Å². The number of nitrogens with one attached hydrogen (secondary N) is 2. The molecule has 0 saturated heterocycles. The van der Waals surface area contributed by atoms with Crippen LogP contribution in [0.15, 0.2) is 53.4 Å². The highest BCUT2D eigenvalue weighted by atomic mass is 32.2. The second-order valence-electron chi connectivity index (χ2n) is 5.48. The first-order valence-electron chi connectivity index (χ1n) is 7.26. The molecule has 0 aliphatic carbocycles. The van der Waals surface area contributed by atoms with Crippen LogP contribution >= 0.6 is 0 Å². The van der Waals surface area contributed by atoms with Gasteiger partial charge in [0, 0.05) is 12.6 Å². The van der Waals surface area contributed by atoms with Gasteiger partial charge in [0.25, 0.3) is 10.0 Å². The van der Waals surface area contributed by atoms with E-state index in [-0.39, 0.29) is 4.90 Å². The predicted molar refractivity (Wildman–Crippen MR) is 90.4 cm³/mol.